The van der Waals surface area contributed by atoms with Gasteiger partial charge in [-0.2, -0.15) is 8.75 Å². The molecule has 0 amide bonds. The molecule has 0 fully saturated rings. The molecule has 2 N–H and O–H groups in total. The number of rotatable bonds is 0. The average molecular weight is 152 g/mol. The van der Waals surface area contributed by atoms with Crippen molar-refractivity contribution in [2.45, 2.75) is 0 Å². The van der Waals surface area contributed by atoms with Gasteiger partial charge >= 0.3 is 0 Å². The van der Waals surface area contributed by atoms with Crippen molar-refractivity contribution < 1.29 is 0 Å². The molecule has 2 rings (SSSR count). The third kappa shape index (κ3) is 0.714. The number of anilines is 1. The van der Waals surface area contributed by atoms with E-state index < -0.39 is 0 Å². The summed E-state index contributed by atoms with van der Waals surface area (Å²) in [4.78, 5) is 3.95. The summed E-state index contributed by atoms with van der Waals surface area (Å²) in [5.41, 5.74) is 6.84. The van der Waals surface area contributed by atoms with E-state index in [4.69, 9.17) is 5.73 Å². The first-order valence-electron chi connectivity index (χ1n) is 2.71. The first kappa shape index (κ1) is 5.55. The highest BCUT2D eigenvalue weighted by Crippen LogP contribution is 2.09. The Hall–Kier alpha value is -1.23. The zero-order valence-corrected chi connectivity index (χ0v) is 5.80. The summed E-state index contributed by atoms with van der Waals surface area (Å²) >= 11 is 1.14. The van der Waals surface area contributed by atoms with Gasteiger partial charge in [-0.25, -0.2) is 4.98 Å². The number of nitrogens with zero attached hydrogens (tertiary/aromatic N) is 3. The van der Waals surface area contributed by atoms with Gasteiger partial charge in [-0.3, -0.25) is 0 Å². The van der Waals surface area contributed by atoms with Crippen LogP contribution in [0.2, 0.25) is 0 Å². The van der Waals surface area contributed by atoms with Crippen LogP contribution in [0.4, 0.5) is 5.82 Å². The van der Waals surface area contributed by atoms with Crippen LogP contribution in [0.15, 0.2) is 12.1 Å². The summed E-state index contributed by atoms with van der Waals surface area (Å²) in [5, 5.41) is 0. The monoisotopic (exact) mass is 152 g/mol. The molecule has 2 aromatic heterocycles. The molecule has 0 aromatic carbocycles. The van der Waals surface area contributed by atoms with Crippen molar-refractivity contribution in [3.63, 3.8) is 0 Å². The molecule has 0 aliphatic rings. The van der Waals surface area contributed by atoms with E-state index in [9.17, 15) is 0 Å². The Balaban J connectivity index is 2.86. The first-order valence-corrected chi connectivity index (χ1v) is 3.44. The van der Waals surface area contributed by atoms with E-state index in [1.54, 1.807) is 12.1 Å². The molecule has 0 radical (unpaired) electrons. The normalized spacial score (nSPS) is 10.4. The highest BCUT2D eigenvalue weighted by atomic mass is 32.1. The molecule has 10 heavy (non-hydrogen) atoms. The number of aromatic nitrogens is 3. The van der Waals surface area contributed by atoms with E-state index in [2.05, 4.69) is 13.7 Å². The predicted molar refractivity (Wildman–Crippen MR) is 39.6 cm³/mol. The van der Waals surface area contributed by atoms with E-state index in [1.165, 1.54) is 0 Å². The fourth-order valence-electron chi connectivity index (χ4n) is 0.697. The predicted octanol–water partition coefficient (Wildman–Crippen LogP) is 0.668. The van der Waals surface area contributed by atoms with Gasteiger partial charge in [0, 0.05) is 0 Å². The molecule has 0 saturated carbocycles. The topological polar surface area (TPSA) is 64.7 Å². The summed E-state index contributed by atoms with van der Waals surface area (Å²) in [6, 6.07) is 3.52. The van der Waals surface area contributed by atoms with Gasteiger partial charge in [-0.05, 0) is 12.1 Å². The van der Waals surface area contributed by atoms with E-state index in [-0.39, 0.29) is 0 Å². The number of nitrogen functional groups attached to an aromatic ring is 1. The third-order valence-electron chi connectivity index (χ3n) is 1.14. The molecule has 2 aromatic rings. The SMILES string of the molecule is Nc1ccc2nsnc2n1. The molecule has 50 valence electrons. The average Bonchev–Trinajstić information content (AvgIpc) is 2.33. The Labute approximate surface area is 61.0 Å². The molecular formula is C5H4N4S. The molecule has 5 heteroatoms. The molecular weight excluding hydrogens is 148 g/mol. The van der Waals surface area contributed by atoms with Crippen LogP contribution in [-0.4, -0.2) is 13.7 Å². The highest BCUT2D eigenvalue weighted by Gasteiger charge is 1.97. The summed E-state index contributed by atoms with van der Waals surface area (Å²) in [7, 11) is 0. The van der Waals surface area contributed by atoms with Crippen LogP contribution < -0.4 is 5.73 Å². The number of nitrogens with two attached hydrogens (primary N) is 1. The minimum Gasteiger partial charge on any atom is -0.384 e. The third-order valence-corrected chi connectivity index (χ3v) is 1.68. The largest absolute Gasteiger partial charge is 0.384 e. The lowest BCUT2D eigenvalue weighted by molar-refractivity contribution is 1.37. The molecule has 0 saturated heterocycles. The lowest BCUT2D eigenvalue weighted by atomic mass is 10.4. The Kier molecular flexibility index (Phi) is 1.04. The van der Waals surface area contributed by atoms with E-state index in [0.29, 0.717) is 11.5 Å². The van der Waals surface area contributed by atoms with Crippen LogP contribution in [0.1, 0.15) is 0 Å². The smallest absolute Gasteiger partial charge is 0.195 e. The van der Waals surface area contributed by atoms with E-state index >= 15 is 0 Å². The fraction of sp³-hybridized carbons (Fsp3) is 0. The van der Waals surface area contributed by atoms with Crippen LogP contribution in [0.25, 0.3) is 11.2 Å². The van der Waals surface area contributed by atoms with Crippen molar-refractivity contribution in [1.29, 1.82) is 0 Å². The second kappa shape index (κ2) is 1.88. The zero-order chi connectivity index (χ0) is 6.97. The summed E-state index contributed by atoms with van der Waals surface area (Å²) < 4.78 is 7.89. The van der Waals surface area contributed by atoms with E-state index in [1.807, 2.05) is 0 Å². The van der Waals surface area contributed by atoms with Crippen molar-refractivity contribution in [2.24, 2.45) is 0 Å². The zero-order valence-electron chi connectivity index (χ0n) is 4.98. The van der Waals surface area contributed by atoms with Gasteiger partial charge in [-0.15, -0.1) is 0 Å². The molecule has 0 unspecified atom stereocenters. The van der Waals surface area contributed by atoms with Gasteiger partial charge in [0.25, 0.3) is 0 Å². The van der Waals surface area contributed by atoms with Crippen molar-refractivity contribution in [3.8, 4) is 0 Å². The van der Waals surface area contributed by atoms with Crippen LogP contribution in [0.5, 0.6) is 0 Å². The van der Waals surface area contributed by atoms with Crippen LogP contribution >= 0.6 is 11.7 Å². The maximum atomic E-state index is 5.41. The molecule has 0 aliphatic carbocycles. The lowest BCUT2D eigenvalue weighted by Crippen LogP contribution is -1.88. The summed E-state index contributed by atoms with van der Waals surface area (Å²) in [5.74, 6) is 0.486. The minimum absolute atomic E-state index is 0.486. The van der Waals surface area contributed by atoms with Crippen LogP contribution in [-0.2, 0) is 0 Å². The van der Waals surface area contributed by atoms with Gasteiger partial charge in [0.15, 0.2) is 5.65 Å². The van der Waals surface area contributed by atoms with Gasteiger partial charge in [0.1, 0.15) is 11.3 Å². The molecule has 2 heterocycles. The number of hydrogen-bond acceptors (Lipinski definition) is 5. The Morgan fingerprint density at radius 3 is 3.10 bits per heavy atom. The Morgan fingerprint density at radius 2 is 2.20 bits per heavy atom. The van der Waals surface area contributed by atoms with E-state index in [0.717, 1.165) is 17.2 Å². The van der Waals surface area contributed by atoms with Crippen molar-refractivity contribution in [1.82, 2.24) is 13.7 Å². The van der Waals surface area contributed by atoms with Crippen molar-refractivity contribution in [3.05, 3.63) is 12.1 Å². The Bertz CT molecular complexity index is 355. The van der Waals surface area contributed by atoms with Gasteiger partial charge in [-0.1, -0.05) is 0 Å². The van der Waals surface area contributed by atoms with Crippen molar-refractivity contribution in [2.75, 3.05) is 5.73 Å². The second-order valence-corrected chi connectivity index (χ2v) is 2.37. The molecule has 0 bridgehead atoms. The highest BCUT2D eigenvalue weighted by molar-refractivity contribution is 7.00. The standard InChI is InChI=1S/C5H4N4S/c6-4-2-1-3-5(7-4)9-10-8-3/h1-2H,(H2,6,7,9). The van der Waals surface area contributed by atoms with Crippen molar-refractivity contribution >= 4 is 28.7 Å². The van der Waals surface area contributed by atoms with Gasteiger partial charge in [0.05, 0.1) is 11.7 Å². The summed E-state index contributed by atoms with van der Waals surface area (Å²) in [6.07, 6.45) is 0. The maximum absolute atomic E-state index is 5.41. The summed E-state index contributed by atoms with van der Waals surface area (Å²) in [6.45, 7) is 0. The first-order chi connectivity index (χ1) is 4.86. The lowest BCUT2D eigenvalue weighted by Gasteiger charge is -1.86. The quantitative estimate of drug-likeness (QED) is 0.602. The Morgan fingerprint density at radius 1 is 1.30 bits per heavy atom. The fourth-order valence-corrected chi connectivity index (χ4v) is 1.18. The molecule has 0 aliphatic heterocycles. The molecule has 4 nitrogen and oxygen atoms in total. The van der Waals surface area contributed by atoms with Crippen LogP contribution in [0.3, 0.4) is 0 Å². The molecule has 0 spiro atoms. The molecule has 0 atom stereocenters. The maximum Gasteiger partial charge on any atom is 0.195 e. The minimum atomic E-state index is 0.486. The number of pyridine rings is 1. The van der Waals surface area contributed by atoms with Gasteiger partial charge < -0.3 is 5.73 Å². The van der Waals surface area contributed by atoms with Gasteiger partial charge in [0.2, 0.25) is 0 Å². The van der Waals surface area contributed by atoms with Crippen LogP contribution in [0, 0.1) is 0 Å². The number of fused-ring (bicyclic) bond motifs is 1. The number of hydrogen-bond donors (Lipinski definition) is 1. The second-order valence-electron chi connectivity index (χ2n) is 1.84.